The molecule has 0 unspecified atom stereocenters. The zero-order valence-electron chi connectivity index (χ0n) is 14.6. The average molecular weight is 385 g/mol. The van der Waals surface area contributed by atoms with Crippen LogP contribution in [0.15, 0.2) is 51.9 Å². The third-order valence-corrected chi connectivity index (χ3v) is 4.36. The first kappa shape index (κ1) is 17.8. The molecule has 0 fully saturated rings. The molecular formula is C20H14F3N3O2. The van der Waals surface area contributed by atoms with Gasteiger partial charge in [-0.3, -0.25) is 4.99 Å². The summed E-state index contributed by atoms with van der Waals surface area (Å²) in [5, 5.41) is 10.1. The highest BCUT2D eigenvalue weighted by Crippen LogP contribution is 2.38. The first-order valence-corrected chi connectivity index (χ1v) is 8.26. The molecule has 4 rings (SSSR count). The Labute approximate surface area is 157 Å². The molecule has 3 aromatic heterocycles. The Morgan fingerprint density at radius 2 is 1.93 bits per heavy atom. The molecule has 0 saturated carbocycles. The van der Waals surface area contributed by atoms with Crippen LogP contribution in [0, 0.1) is 6.92 Å². The van der Waals surface area contributed by atoms with Crippen LogP contribution in [0.4, 0.5) is 24.7 Å². The van der Waals surface area contributed by atoms with Gasteiger partial charge in [0.2, 0.25) is 0 Å². The average Bonchev–Trinajstić information content (AvgIpc) is 3.22. The number of rotatable bonds is 3. The molecule has 2 bridgehead atoms. The SMILES string of the molecule is Cc1cc(C(F)(F)F)cc(O)c1-c1ccc(C=Nc2cc3ccc2o3)c(N)n1. The number of hydrogen-bond acceptors (Lipinski definition) is 5. The predicted molar refractivity (Wildman–Crippen MR) is 100 cm³/mol. The van der Waals surface area contributed by atoms with Gasteiger partial charge in [-0.25, -0.2) is 4.98 Å². The van der Waals surface area contributed by atoms with Gasteiger partial charge in [0.1, 0.15) is 22.8 Å². The number of aryl methyl sites for hydroxylation is 1. The van der Waals surface area contributed by atoms with Gasteiger partial charge in [-0.15, -0.1) is 0 Å². The number of phenols is 1. The molecule has 8 heteroatoms. The molecule has 0 aliphatic heterocycles. The second-order valence-electron chi connectivity index (χ2n) is 6.35. The van der Waals surface area contributed by atoms with E-state index in [1.165, 1.54) is 13.1 Å². The molecule has 0 aliphatic carbocycles. The summed E-state index contributed by atoms with van der Waals surface area (Å²) >= 11 is 0. The van der Waals surface area contributed by atoms with Crippen LogP contribution in [0.1, 0.15) is 16.7 Å². The number of anilines is 1. The van der Waals surface area contributed by atoms with E-state index in [9.17, 15) is 18.3 Å². The van der Waals surface area contributed by atoms with E-state index in [1.54, 1.807) is 18.2 Å². The van der Waals surface area contributed by atoms with E-state index in [4.69, 9.17) is 10.2 Å². The Balaban J connectivity index is 1.67. The molecule has 5 nitrogen and oxygen atoms in total. The minimum Gasteiger partial charge on any atom is -0.507 e. The maximum absolute atomic E-state index is 12.9. The summed E-state index contributed by atoms with van der Waals surface area (Å²) in [4.78, 5) is 8.54. The lowest BCUT2D eigenvalue weighted by Crippen LogP contribution is -2.06. The van der Waals surface area contributed by atoms with Crippen molar-refractivity contribution in [2.24, 2.45) is 4.99 Å². The predicted octanol–water partition coefficient (Wildman–Crippen LogP) is 5.30. The number of pyridine rings is 1. The second-order valence-corrected chi connectivity index (χ2v) is 6.35. The number of alkyl halides is 3. The van der Waals surface area contributed by atoms with Gasteiger partial charge >= 0.3 is 6.18 Å². The standard InChI is InChI=1S/C20H14F3N3O2/c1-10-6-12(20(21,22)23)7-16(27)18(10)14-4-2-11(19(24)26-14)9-25-15-8-13-3-5-17(15)28-13/h2-9,27H,1H3,(H2,24,26). The lowest BCUT2D eigenvalue weighted by atomic mass is 10.00. The van der Waals surface area contributed by atoms with E-state index in [1.807, 2.05) is 12.1 Å². The molecule has 0 aliphatic rings. The van der Waals surface area contributed by atoms with Crippen LogP contribution in [0.5, 0.6) is 5.75 Å². The van der Waals surface area contributed by atoms with Crippen LogP contribution in [0.25, 0.3) is 22.4 Å². The summed E-state index contributed by atoms with van der Waals surface area (Å²) in [6.45, 7) is 1.47. The molecule has 0 saturated heterocycles. The van der Waals surface area contributed by atoms with Gasteiger partial charge in [0, 0.05) is 23.4 Å². The smallest absolute Gasteiger partial charge is 0.416 e. The number of aliphatic imine (C=N–C) groups is 1. The number of halogens is 3. The van der Waals surface area contributed by atoms with Gasteiger partial charge in [-0.2, -0.15) is 13.2 Å². The van der Waals surface area contributed by atoms with Crippen molar-refractivity contribution in [3.63, 3.8) is 0 Å². The van der Waals surface area contributed by atoms with Crippen molar-refractivity contribution in [3.05, 3.63) is 59.2 Å². The molecule has 3 heterocycles. The van der Waals surface area contributed by atoms with Crippen LogP contribution in [0.2, 0.25) is 0 Å². The van der Waals surface area contributed by atoms with Crippen LogP contribution < -0.4 is 5.73 Å². The number of hydrogen-bond donors (Lipinski definition) is 2. The first-order valence-electron chi connectivity index (χ1n) is 8.26. The minimum atomic E-state index is -4.54. The number of phenolic OH excluding ortho intramolecular Hbond substituents is 1. The van der Waals surface area contributed by atoms with Gasteiger partial charge in [0.15, 0.2) is 5.58 Å². The van der Waals surface area contributed by atoms with Gasteiger partial charge in [-0.05, 0) is 48.9 Å². The Morgan fingerprint density at radius 1 is 1.14 bits per heavy atom. The highest BCUT2D eigenvalue weighted by Gasteiger charge is 2.32. The lowest BCUT2D eigenvalue weighted by molar-refractivity contribution is -0.137. The van der Waals surface area contributed by atoms with Crippen molar-refractivity contribution >= 4 is 28.9 Å². The van der Waals surface area contributed by atoms with Crippen molar-refractivity contribution in [1.82, 2.24) is 4.98 Å². The fourth-order valence-corrected chi connectivity index (χ4v) is 3.01. The summed E-state index contributed by atoms with van der Waals surface area (Å²) in [6, 6.07) is 10.3. The highest BCUT2D eigenvalue weighted by atomic mass is 19.4. The van der Waals surface area contributed by atoms with E-state index < -0.39 is 17.5 Å². The third kappa shape index (κ3) is 3.13. The Bertz CT molecular complexity index is 1170. The number of fused-ring (bicyclic) bond motifs is 2. The molecule has 28 heavy (non-hydrogen) atoms. The van der Waals surface area contributed by atoms with Crippen LogP contribution in [-0.2, 0) is 6.18 Å². The van der Waals surface area contributed by atoms with E-state index in [0.29, 0.717) is 22.9 Å². The topological polar surface area (TPSA) is 84.6 Å². The number of nitrogens with zero attached hydrogens (tertiary/aromatic N) is 2. The largest absolute Gasteiger partial charge is 0.507 e. The summed E-state index contributed by atoms with van der Waals surface area (Å²) < 4.78 is 44.1. The number of nitrogens with two attached hydrogens (primary N) is 1. The van der Waals surface area contributed by atoms with Gasteiger partial charge in [0.05, 0.1) is 11.3 Å². The quantitative estimate of drug-likeness (QED) is 0.469. The highest BCUT2D eigenvalue weighted by molar-refractivity contribution is 5.91. The summed E-state index contributed by atoms with van der Waals surface area (Å²) in [5.41, 5.74) is 8.34. The fourth-order valence-electron chi connectivity index (χ4n) is 3.01. The van der Waals surface area contributed by atoms with E-state index in [-0.39, 0.29) is 22.6 Å². The summed E-state index contributed by atoms with van der Waals surface area (Å²) in [5.74, 6) is -0.372. The van der Waals surface area contributed by atoms with E-state index >= 15 is 0 Å². The van der Waals surface area contributed by atoms with Crippen LogP contribution in [-0.4, -0.2) is 16.3 Å². The van der Waals surface area contributed by atoms with Crippen molar-refractivity contribution < 1.29 is 22.7 Å². The van der Waals surface area contributed by atoms with E-state index in [2.05, 4.69) is 9.98 Å². The molecule has 0 atom stereocenters. The zero-order chi connectivity index (χ0) is 20.1. The molecule has 0 radical (unpaired) electrons. The third-order valence-electron chi connectivity index (χ3n) is 4.36. The van der Waals surface area contributed by atoms with Crippen molar-refractivity contribution in [3.8, 4) is 17.0 Å². The zero-order valence-corrected chi connectivity index (χ0v) is 14.6. The van der Waals surface area contributed by atoms with Crippen molar-refractivity contribution in [2.75, 3.05) is 5.73 Å². The maximum atomic E-state index is 12.9. The lowest BCUT2D eigenvalue weighted by Gasteiger charge is -2.13. The monoisotopic (exact) mass is 385 g/mol. The molecular weight excluding hydrogens is 371 g/mol. The van der Waals surface area contributed by atoms with Crippen molar-refractivity contribution in [2.45, 2.75) is 13.1 Å². The Hall–Kier alpha value is -3.55. The van der Waals surface area contributed by atoms with Crippen molar-refractivity contribution in [1.29, 1.82) is 0 Å². The first-order chi connectivity index (χ1) is 13.2. The second kappa shape index (κ2) is 6.26. The minimum absolute atomic E-state index is 0.137. The Kier molecular flexibility index (Phi) is 3.99. The van der Waals surface area contributed by atoms with Crippen LogP contribution in [0.3, 0.4) is 0 Å². The molecule has 4 aromatic rings. The molecule has 1 aromatic carbocycles. The summed E-state index contributed by atoms with van der Waals surface area (Å²) in [7, 11) is 0. The normalized spacial score (nSPS) is 12.4. The molecule has 0 spiro atoms. The van der Waals surface area contributed by atoms with Gasteiger partial charge < -0.3 is 15.3 Å². The van der Waals surface area contributed by atoms with Crippen LogP contribution >= 0.6 is 0 Å². The number of nitrogen functional groups attached to an aromatic ring is 1. The molecule has 3 N–H and O–H groups in total. The fraction of sp³-hybridized carbons (Fsp3) is 0.100. The number of aromatic hydroxyl groups is 1. The van der Waals surface area contributed by atoms with E-state index in [0.717, 1.165) is 11.6 Å². The van der Waals surface area contributed by atoms with Gasteiger partial charge in [0.25, 0.3) is 0 Å². The Morgan fingerprint density at radius 3 is 2.50 bits per heavy atom. The number of benzene rings is 2. The molecule has 142 valence electrons. The number of aromatic nitrogens is 1. The molecule has 0 amide bonds. The maximum Gasteiger partial charge on any atom is 0.416 e. The van der Waals surface area contributed by atoms with Gasteiger partial charge in [-0.1, -0.05) is 0 Å². The summed E-state index contributed by atoms with van der Waals surface area (Å²) in [6.07, 6.45) is -3.01. The number of furan rings is 2.